The Labute approximate surface area is 189 Å². The van der Waals surface area contributed by atoms with Gasteiger partial charge < -0.3 is 25.0 Å². The molecular weight excluding hydrogens is 486 g/mol. The number of halogens is 2. The smallest absolute Gasteiger partial charge is 0.195 e. The van der Waals surface area contributed by atoms with Gasteiger partial charge in [-0.3, -0.25) is 4.99 Å². The molecule has 1 atom stereocenters. The Kier molecular flexibility index (Phi) is 10.7. The van der Waals surface area contributed by atoms with Crippen LogP contribution in [0.25, 0.3) is 0 Å². The average molecular weight is 516 g/mol. The summed E-state index contributed by atoms with van der Waals surface area (Å²) in [5.41, 5.74) is 1.85. The van der Waals surface area contributed by atoms with E-state index in [0.717, 1.165) is 17.8 Å². The molecule has 29 heavy (non-hydrogen) atoms. The first-order valence-corrected chi connectivity index (χ1v) is 9.17. The highest BCUT2D eigenvalue weighted by molar-refractivity contribution is 14.0. The summed E-state index contributed by atoms with van der Waals surface area (Å²) in [6, 6.07) is 12.2. The molecule has 0 saturated heterocycles. The number of benzene rings is 2. The molecule has 0 radical (unpaired) electrons. The van der Waals surface area contributed by atoms with Gasteiger partial charge in [0.05, 0.1) is 26.8 Å². The zero-order valence-electron chi connectivity index (χ0n) is 17.5. The summed E-state index contributed by atoms with van der Waals surface area (Å²) in [5.74, 6) is 1.72. The number of ether oxygens (including phenoxy) is 2. The maximum absolute atomic E-state index is 13.2. The summed E-state index contributed by atoms with van der Waals surface area (Å²) in [4.78, 5) is 6.78. The zero-order chi connectivity index (χ0) is 20.5. The number of guanidine groups is 1. The SMILES string of the molecule is CCNC(=NCC(c1ccc(F)cc1)N(C)C)Nc1ccc(OC)c(OC)c1.I. The lowest BCUT2D eigenvalue weighted by molar-refractivity contribution is 0.306. The molecule has 0 aliphatic rings. The third-order valence-electron chi connectivity index (χ3n) is 4.29. The van der Waals surface area contributed by atoms with E-state index < -0.39 is 0 Å². The van der Waals surface area contributed by atoms with Crippen LogP contribution in [0.1, 0.15) is 18.5 Å². The molecule has 0 fully saturated rings. The van der Waals surface area contributed by atoms with Crippen LogP contribution < -0.4 is 20.1 Å². The molecule has 1 unspecified atom stereocenters. The first-order chi connectivity index (χ1) is 13.5. The van der Waals surface area contributed by atoms with Crippen LogP contribution in [0.4, 0.5) is 10.1 Å². The van der Waals surface area contributed by atoms with E-state index in [0.29, 0.717) is 24.0 Å². The number of nitrogens with zero attached hydrogens (tertiary/aromatic N) is 2. The minimum atomic E-state index is -0.242. The number of methoxy groups -OCH3 is 2. The van der Waals surface area contributed by atoms with Crippen molar-refractivity contribution in [3.63, 3.8) is 0 Å². The van der Waals surface area contributed by atoms with Crippen molar-refractivity contribution < 1.29 is 13.9 Å². The van der Waals surface area contributed by atoms with E-state index in [-0.39, 0.29) is 35.8 Å². The molecule has 2 aromatic rings. The molecule has 6 nitrogen and oxygen atoms in total. The number of likely N-dealkylation sites (N-methyl/N-ethyl adjacent to an activating group) is 1. The fourth-order valence-electron chi connectivity index (χ4n) is 2.79. The molecule has 0 amide bonds. The Morgan fingerprint density at radius 2 is 1.72 bits per heavy atom. The average Bonchev–Trinajstić information content (AvgIpc) is 2.69. The third-order valence-corrected chi connectivity index (χ3v) is 4.29. The number of rotatable bonds is 8. The second-order valence-corrected chi connectivity index (χ2v) is 6.45. The Balaban J connectivity index is 0.00000420. The van der Waals surface area contributed by atoms with Gasteiger partial charge in [-0.1, -0.05) is 12.1 Å². The number of hydrogen-bond donors (Lipinski definition) is 2. The van der Waals surface area contributed by atoms with Gasteiger partial charge in [-0.2, -0.15) is 0 Å². The Morgan fingerprint density at radius 1 is 1.07 bits per heavy atom. The van der Waals surface area contributed by atoms with Gasteiger partial charge in [-0.15, -0.1) is 24.0 Å². The highest BCUT2D eigenvalue weighted by atomic mass is 127. The van der Waals surface area contributed by atoms with Crippen LogP contribution in [0, 0.1) is 5.82 Å². The first kappa shape index (κ1) is 25.0. The Bertz CT molecular complexity index is 785. The topological polar surface area (TPSA) is 58.1 Å². The highest BCUT2D eigenvalue weighted by Gasteiger charge is 2.14. The third kappa shape index (κ3) is 7.36. The van der Waals surface area contributed by atoms with Crippen LogP contribution in [0.5, 0.6) is 11.5 Å². The molecule has 2 N–H and O–H groups in total. The lowest BCUT2D eigenvalue weighted by atomic mass is 10.1. The van der Waals surface area contributed by atoms with Crippen LogP contribution in [0.3, 0.4) is 0 Å². The van der Waals surface area contributed by atoms with Crippen LogP contribution in [-0.2, 0) is 0 Å². The summed E-state index contributed by atoms with van der Waals surface area (Å²) >= 11 is 0. The second kappa shape index (κ2) is 12.5. The number of anilines is 1. The van der Waals surface area contributed by atoms with Crippen LogP contribution in [0.15, 0.2) is 47.5 Å². The molecule has 0 saturated carbocycles. The fraction of sp³-hybridized carbons (Fsp3) is 0.381. The van der Waals surface area contributed by atoms with Crippen molar-refractivity contribution in [1.29, 1.82) is 0 Å². The lowest BCUT2D eigenvalue weighted by Gasteiger charge is -2.24. The highest BCUT2D eigenvalue weighted by Crippen LogP contribution is 2.29. The van der Waals surface area contributed by atoms with Crippen LogP contribution in [-0.4, -0.2) is 52.3 Å². The second-order valence-electron chi connectivity index (χ2n) is 6.45. The molecular formula is C21H30FIN4O2. The van der Waals surface area contributed by atoms with E-state index in [2.05, 4.69) is 15.5 Å². The van der Waals surface area contributed by atoms with E-state index in [9.17, 15) is 4.39 Å². The van der Waals surface area contributed by atoms with Crippen molar-refractivity contribution in [2.45, 2.75) is 13.0 Å². The predicted molar refractivity (Wildman–Crippen MR) is 127 cm³/mol. The van der Waals surface area contributed by atoms with E-state index in [4.69, 9.17) is 14.5 Å². The summed E-state index contributed by atoms with van der Waals surface area (Å²) in [5, 5.41) is 6.53. The van der Waals surface area contributed by atoms with E-state index in [1.165, 1.54) is 12.1 Å². The standard InChI is InChI=1S/C21H29FN4O2.HI/c1-6-23-21(25-17-11-12-19(27-4)20(13-17)28-5)24-14-18(26(2)3)15-7-9-16(22)10-8-15;/h7-13,18H,6,14H2,1-5H3,(H2,23,24,25);1H. The van der Waals surface area contributed by atoms with Crippen LogP contribution in [0.2, 0.25) is 0 Å². The van der Waals surface area contributed by atoms with E-state index in [1.54, 1.807) is 26.4 Å². The normalized spacial score (nSPS) is 12.2. The summed E-state index contributed by atoms with van der Waals surface area (Å²) < 4.78 is 23.9. The molecule has 0 aliphatic heterocycles. The number of aliphatic imine (C=N–C) groups is 1. The van der Waals surface area contributed by atoms with Gasteiger partial charge in [-0.05, 0) is 50.8 Å². The molecule has 0 heterocycles. The Hall–Kier alpha value is -2.07. The number of hydrogen-bond acceptors (Lipinski definition) is 4. The van der Waals surface area contributed by atoms with Crippen molar-refractivity contribution in [2.24, 2.45) is 4.99 Å². The van der Waals surface area contributed by atoms with Gasteiger partial charge in [-0.25, -0.2) is 4.39 Å². The number of nitrogens with one attached hydrogen (secondary N) is 2. The molecule has 2 rings (SSSR count). The lowest BCUT2D eigenvalue weighted by Crippen LogP contribution is -2.32. The van der Waals surface area contributed by atoms with Crippen LogP contribution >= 0.6 is 24.0 Å². The molecule has 0 spiro atoms. The minimum absolute atomic E-state index is 0. The van der Waals surface area contributed by atoms with E-state index >= 15 is 0 Å². The maximum Gasteiger partial charge on any atom is 0.195 e. The van der Waals surface area contributed by atoms with Gasteiger partial charge in [0.15, 0.2) is 17.5 Å². The van der Waals surface area contributed by atoms with Gasteiger partial charge in [0, 0.05) is 18.3 Å². The molecule has 8 heteroatoms. The maximum atomic E-state index is 13.2. The molecule has 2 aromatic carbocycles. The van der Waals surface area contributed by atoms with Gasteiger partial charge in [0.25, 0.3) is 0 Å². The summed E-state index contributed by atoms with van der Waals surface area (Å²) in [6.07, 6.45) is 0. The van der Waals surface area contributed by atoms with Gasteiger partial charge in [0.2, 0.25) is 0 Å². The summed E-state index contributed by atoms with van der Waals surface area (Å²) in [6.45, 7) is 3.25. The zero-order valence-corrected chi connectivity index (χ0v) is 19.9. The van der Waals surface area contributed by atoms with Crippen molar-refractivity contribution in [2.75, 3.05) is 46.7 Å². The molecule has 0 bridgehead atoms. The van der Waals surface area contributed by atoms with Crippen molar-refractivity contribution in [1.82, 2.24) is 10.2 Å². The molecule has 0 aromatic heterocycles. The largest absolute Gasteiger partial charge is 0.493 e. The minimum Gasteiger partial charge on any atom is -0.493 e. The van der Waals surface area contributed by atoms with Gasteiger partial charge >= 0.3 is 0 Å². The van der Waals surface area contributed by atoms with E-state index in [1.807, 2.05) is 39.2 Å². The molecule has 0 aliphatic carbocycles. The van der Waals surface area contributed by atoms with Crippen molar-refractivity contribution >= 4 is 35.6 Å². The monoisotopic (exact) mass is 516 g/mol. The first-order valence-electron chi connectivity index (χ1n) is 9.17. The van der Waals surface area contributed by atoms with Gasteiger partial charge in [0.1, 0.15) is 5.82 Å². The Morgan fingerprint density at radius 3 is 2.28 bits per heavy atom. The quantitative estimate of drug-likeness (QED) is 0.314. The summed E-state index contributed by atoms with van der Waals surface area (Å²) in [7, 11) is 7.18. The predicted octanol–water partition coefficient (Wildman–Crippen LogP) is 4.14. The van der Waals surface area contributed by atoms with Crippen molar-refractivity contribution in [3.05, 3.63) is 53.8 Å². The van der Waals surface area contributed by atoms with Crippen molar-refractivity contribution in [3.8, 4) is 11.5 Å². The molecule has 160 valence electrons. The fourth-order valence-corrected chi connectivity index (χ4v) is 2.79.